The van der Waals surface area contributed by atoms with Crippen molar-refractivity contribution in [1.29, 1.82) is 0 Å². The van der Waals surface area contributed by atoms with Crippen LogP contribution in [0.15, 0.2) is 18.3 Å². The van der Waals surface area contributed by atoms with E-state index >= 15 is 0 Å². The average Bonchev–Trinajstić information content (AvgIpc) is 2.52. The molecular formula is C14H15F3N4O3. The molecule has 10 heteroatoms. The van der Waals surface area contributed by atoms with E-state index in [1.165, 1.54) is 21.3 Å². The second kappa shape index (κ2) is 6.69. The predicted octanol–water partition coefficient (Wildman–Crippen LogP) is 2.85. The van der Waals surface area contributed by atoms with Crippen molar-refractivity contribution < 1.29 is 27.4 Å². The van der Waals surface area contributed by atoms with Gasteiger partial charge in [-0.3, -0.25) is 0 Å². The first-order chi connectivity index (χ1) is 11.3. The molecule has 0 fully saturated rings. The minimum Gasteiger partial charge on any atom is -0.493 e. The SMILES string of the molecule is COc1cc(Nc2ncc(C(F)(F)F)c(N)n2)cc(OC)c1OC. The van der Waals surface area contributed by atoms with Gasteiger partial charge in [0.05, 0.1) is 21.3 Å². The number of nitrogen functional groups attached to an aromatic ring is 1. The summed E-state index contributed by atoms with van der Waals surface area (Å²) < 4.78 is 53.5. The van der Waals surface area contributed by atoms with Gasteiger partial charge in [0.15, 0.2) is 11.5 Å². The maximum atomic E-state index is 12.7. The Hall–Kier alpha value is -2.91. The highest BCUT2D eigenvalue weighted by Crippen LogP contribution is 2.40. The Balaban J connectivity index is 2.36. The van der Waals surface area contributed by atoms with E-state index in [2.05, 4.69) is 15.3 Å². The van der Waals surface area contributed by atoms with Crippen LogP contribution in [0.25, 0.3) is 0 Å². The van der Waals surface area contributed by atoms with E-state index in [9.17, 15) is 13.2 Å². The maximum Gasteiger partial charge on any atom is 0.421 e. The Kier molecular flexibility index (Phi) is 4.86. The van der Waals surface area contributed by atoms with Crippen molar-refractivity contribution >= 4 is 17.5 Å². The van der Waals surface area contributed by atoms with E-state index in [0.29, 0.717) is 29.1 Å². The van der Waals surface area contributed by atoms with Crippen LogP contribution in [0.5, 0.6) is 17.2 Å². The Morgan fingerprint density at radius 1 is 1.04 bits per heavy atom. The van der Waals surface area contributed by atoms with Gasteiger partial charge in [-0.25, -0.2) is 4.98 Å². The summed E-state index contributed by atoms with van der Waals surface area (Å²) in [4.78, 5) is 7.23. The second-order valence-electron chi connectivity index (χ2n) is 4.53. The number of halogens is 3. The predicted molar refractivity (Wildman–Crippen MR) is 80.8 cm³/mol. The second-order valence-corrected chi connectivity index (χ2v) is 4.53. The van der Waals surface area contributed by atoms with E-state index in [1.54, 1.807) is 12.1 Å². The maximum absolute atomic E-state index is 12.7. The largest absolute Gasteiger partial charge is 0.493 e. The summed E-state index contributed by atoms with van der Waals surface area (Å²) in [6.45, 7) is 0. The fourth-order valence-electron chi connectivity index (χ4n) is 1.96. The lowest BCUT2D eigenvalue weighted by Gasteiger charge is -2.15. The summed E-state index contributed by atoms with van der Waals surface area (Å²) in [6.07, 6.45) is -4.00. The Labute approximate surface area is 135 Å². The first kappa shape index (κ1) is 17.4. The third kappa shape index (κ3) is 3.53. The molecule has 0 aliphatic rings. The van der Waals surface area contributed by atoms with Crippen LogP contribution >= 0.6 is 0 Å². The van der Waals surface area contributed by atoms with Crippen LogP contribution < -0.4 is 25.3 Å². The first-order valence-electron chi connectivity index (χ1n) is 6.57. The normalized spacial score (nSPS) is 11.1. The molecule has 0 unspecified atom stereocenters. The van der Waals surface area contributed by atoms with Crippen LogP contribution in [0, 0.1) is 0 Å². The molecule has 3 N–H and O–H groups in total. The van der Waals surface area contributed by atoms with Gasteiger partial charge < -0.3 is 25.3 Å². The highest BCUT2D eigenvalue weighted by atomic mass is 19.4. The van der Waals surface area contributed by atoms with E-state index in [0.717, 1.165) is 0 Å². The van der Waals surface area contributed by atoms with Gasteiger partial charge >= 0.3 is 6.18 Å². The number of rotatable bonds is 5. The molecule has 0 aliphatic carbocycles. The van der Waals surface area contributed by atoms with Crippen LogP contribution in [-0.4, -0.2) is 31.3 Å². The van der Waals surface area contributed by atoms with Gasteiger partial charge in [0.1, 0.15) is 11.4 Å². The molecule has 2 rings (SSSR count). The number of benzene rings is 1. The van der Waals surface area contributed by atoms with Crippen molar-refractivity contribution in [2.45, 2.75) is 6.18 Å². The molecule has 7 nitrogen and oxygen atoms in total. The number of aromatic nitrogens is 2. The Bertz CT molecular complexity index is 713. The molecule has 1 aromatic heterocycles. The molecule has 0 atom stereocenters. The average molecular weight is 344 g/mol. The number of alkyl halides is 3. The van der Waals surface area contributed by atoms with Gasteiger partial charge in [-0.15, -0.1) is 0 Å². The zero-order valence-corrected chi connectivity index (χ0v) is 13.1. The van der Waals surface area contributed by atoms with E-state index in [-0.39, 0.29) is 5.95 Å². The molecule has 0 radical (unpaired) electrons. The third-order valence-corrected chi connectivity index (χ3v) is 3.04. The summed E-state index contributed by atoms with van der Waals surface area (Å²) in [5.74, 6) is 0.319. The van der Waals surface area contributed by atoms with E-state index in [4.69, 9.17) is 19.9 Å². The molecule has 0 saturated heterocycles. The van der Waals surface area contributed by atoms with Gasteiger partial charge in [0, 0.05) is 24.0 Å². The summed E-state index contributed by atoms with van der Waals surface area (Å²) >= 11 is 0. The Morgan fingerprint density at radius 2 is 1.62 bits per heavy atom. The van der Waals surface area contributed by atoms with Gasteiger partial charge in [-0.05, 0) is 0 Å². The molecule has 2 aromatic rings. The molecule has 0 bridgehead atoms. The summed E-state index contributed by atoms with van der Waals surface area (Å²) in [6, 6.07) is 3.11. The number of anilines is 3. The van der Waals surface area contributed by atoms with Gasteiger partial charge in [0.2, 0.25) is 11.7 Å². The number of hydrogen-bond donors (Lipinski definition) is 2. The first-order valence-corrected chi connectivity index (χ1v) is 6.57. The molecule has 1 heterocycles. The van der Waals surface area contributed by atoms with Gasteiger partial charge in [-0.2, -0.15) is 18.2 Å². The number of nitrogens with two attached hydrogens (primary N) is 1. The minimum atomic E-state index is -4.62. The summed E-state index contributed by atoms with van der Waals surface area (Å²) in [7, 11) is 4.33. The van der Waals surface area contributed by atoms with Crippen LogP contribution in [0.4, 0.5) is 30.6 Å². The van der Waals surface area contributed by atoms with E-state index in [1.807, 2.05) is 0 Å². The van der Waals surface area contributed by atoms with E-state index < -0.39 is 17.6 Å². The van der Waals surface area contributed by atoms with Crippen LogP contribution in [0.1, 0.15) is 5.56 Å². The van der Waals surface area contributed by atoms with Crippen molar-refractivity contribution in [3.05, 3.63) is 23.9 Å². The highest BCUT2D eigenvalue weighted by Gasteiger charge is 2.34. The zero-order valence-electron chi connectivity index (χ0n) is 13.1. The lowest BCUT2D eigenvalue weighted by molar-refractivity contribution is -0.137. The highest BCUT2D eigenvalue weighted by molar-refractivity contribution is 5.66. The third-order valence-electron chi connectivity index (χ3n) is 3.04. The zero-order chi connectivity index (χ0) is 17.9. The lowest BCUT2D eigenvalue weighted by atomic mass is 10.2. The van der Waals surface area contributed by atoms with Gasteiger partial charge in [0.25, 0.3) is 0 Å². The Morgan fingerprint density at radius 3 is 2.04 bits per heavy atom. The van der Waals surface area contributed by atoms with Crippen LogP contribution in [0.3, 0.4) is 0 Å². The fraction of sp³-hybridized carbons (Fsp3) is 0.286. The number of nitrogens with one attached hydrogen (secondary N) is 1. The monoisotopic (exact) mass is 344 g/mol. The molecule has 0 aliphatic heterocycles. The number of ether oxygens (including phenoxy) is 3. The van der Waals surface area contributed by atoms with Crippen molar-refractivity contribution in [2.75, 3.05) is 32.4 Å². The van der Waals surface area contributed by atoms with Gasteiger partial charge in [-0.1, -0.05) is 0 Å². The van der Waals surface area contributed by atoms with Crippen molar-refractivity contribution in [3.8, 4) is 17.2 Å². The molecule has 130 valence electrons. The molecule has 24 heavy (non-hydrogen) atoms. The number of hydrogen-bond acceptors (Lipinski definition) is 7. The smallest absolute Gasteiger partial charge is 0.421 e. The molecule has 0 saturated carbocycles. The number of nitrogens with zero attached hydrogens (tertiary/aromatic N) is 2. The lowest BCUT2D eigenvalue weighted by Crippen LogP contribution is -2.12. The summed E-state index contributed by atoms with van der Waals surface area (Å²) in [5, 5.41) is 2.74. The quantitative estimate of drug-likeness (QED) is 0.862. The van der Waals surface area contributed by atoms with Crippen LogP contribution in [0.2, 0.25) is 0 Å². The van der Waals surface area contributed by atoms with Crippen molar-refractivity contribution in [1.82, 2.24) is 9.97 Å². The summed E-state index contributed by atoms with van der Waals surface area (Å²) in [5.41, 5.74) is 4.66. The molecular weight excluding hydrogens is 329 g/mol. The van der Waals surface area contributed by atoms with Crippen molar-refractivity contribution in [2.24, 2.45) is 0 Å². The van der Waals surface area contributed by atoms with Crippen LogP contribution in [-0.2, 0) is 6.18 Å². The van der Waals surface area contributed by atoms with Crippen molar-refractivity contribution in [3.63, 3.8) is 0 Å². The number of methoxy groups -OCH3 is 3. The molecule has 0 amide bonds. The minimum absolute atomic E-state index is 0.102. The fourth-order valence-corrected chi connectivity index (χ4v) is 1.96. The molecule has 1 aromatic carbocycles. The molecule has 0 spiro atoms. The standard InChI is InChI=1S/C14H15F3N4O3/c1-22-9-4-7(5-10(23-2)11(9)24-3)20-13-19-6-8(12(18)21-13)14(15,16)17/h4-6H,1-3H3,(H3,18,19,20,21). The topological polar surface area (TPSA) is 91.5 Å².